The maximum Gasteiger partial charge on any atom is 0.322 e. The topological polar surface area (TPSA) is 98.9 Å². The van der Waals surface area contributed by atoms with Gasteiger partial charge in [0.1, 0.15) is 11.4 Å². The second kappa shape index (κ2) is 11.0. The number of rotatable bonds is 9. The van der Waals surface area contributed by atoms with E-state index in [1.54, 1.807) is 0 Å². The highest BCUT2D eigenvalue weighted by Gasteiger charge is 2.40. The molecule has 1 aromatic carbocycles. The Morgan fingerprint density at radius 1 is 1.19 bits per heavy atom. The molecule has 0 aromatic heterocycles. The Morgan fingerprint density at radius 2 is 1.84 bits per heavy atom. The van der Waals surface area contributed by atoms with Crippen molar-refractivity contribution in [1.82, 2.24) is 0 Å². The SMILES string of the molecule is CCCCOC(=O)C(C=NC1CCCCC1)C(=O)c1c(F)c(C)c(F)c(F)c1[N+](=O)[O-]. The third kappa shape index (κ3) is 5.68. The summed E-state index contributed by atoms with van der Waals surface area (Å²) in [5.74, 6) is -9.60. The number of unbranched alkanes of at least 4 members (excludes halogenated alkanes) is 1. The van der Waals surface area contributed by atoms with Gasteiger partial charge in [-0.1, -0.05) is 32.6 Å². The minimum absolute atomic E-state index is 0.0161. The average Bonchev–Trinajstić information content (AvgIpc) is 2.75. The zero-order valence-corrected chi connectivity index (χ0v) is 17.5. The smallest absolute Gasteiger partial charge is 0.322 e. The summed E-state index contributed by atoms with van der Waals surface area (Å²) >= 11 is 0. The van der Waals surface area contributed by atoms with E-state index in [9.17, 15) is 32.9 Å². The van der Waals surface area contributed by atoms with Crippen LogP contribution < -0.4 is 0 Å². The Morgan fingerprint density at radius 3 is 2.42 bits per heavy atom. The summed E-state index contributed by atoms with van der Waals surface area (Å²) in [7, 11) is 0. The summed E-state index contributed by atoms with van der Waals surface area (Å²) in [5, 5.41) is 11.3. The zero-order valence-electron chi connectivity index (χ0n) is 17.5. The van der Waals surface area contributed by atoms with Crippen LogP contribution >= 0.6 is 0 Å². The molecule has 0 N–H and O–H groups in total. The van der Waals surface area contributed by atoms with Crippen molar-refractivity contribution in [3.05, 3.63) is 38.7 Å². The fourth-order valence-corrected chi connectivity index (χ4v) is 3.40. The van der Waals surface area contributed by atoms with Gasteiger partial charge in [0.25, 0.3) is 0 Å². The van der Waals surface area contributed by atoms with Crippen molar-refractivity contribution >= 4 is 23.7 Å². The quantitative estimate of drug-likeness (QED) is 0.0794. The summed E-state index contributed by atoms with van der Waals surface area (Å²) in [5.41, 5.74) is -3.84. The molecule has 0 amide bonds. The van der Waals surface area contributed by atoms with Crippen LogP contribution in [-0.2, 0) is 9.53 Å². The number of benzene rings is 1. The third-order valence-corrected chi connectivity index (χ3v) is 5.24. The van der Waals surface area contributed by atoms with Crippen LogP contribution in [0.15, 0.2) is 4.99 Å². The number of Topliss-reactive ketones (excluding diaryl/α,β-unsaturated/α-hetero) is 1. The largest absolute Gasteiger partial charge is 0.465 e. The molecule has 0 spiro atoms. The van der Waals surface area contributed by atoms with Gasteiger partial charge >= 0.3 is 11.7 Å². The van der Waals surface area contributed by atoms with Crippen LogP contribution in [0.25, 0.3) is 0 Å². The molecule has 1 aliphatic carbocycles. The number of hydrogen-bond acceptors (Lipinski definition) is 6. The van der Waals surface area contributed by atoms with E-state index < -0.39 is 56.9 Å². The van der Waals surface area contributed by atoms with Gasteiger partial charge in [0.2, 0.25) is 5.82 Å². The van der Waals surface area contributed by atoms with E-state index in [4.69, 9.17) is 4.74 Å². The van der Waals surface area contributed by atoms with Crippen molar-refractivity contribution in [3.8, 4) is 0 Å². The first-order chi connectivity index (χ1) is 14.7. The van der Waals surface area contributed by atoms with Crippen LogP contribution in [0.2, 0.25) is 0 Å². The monoisotopic (exact) mass is 442 g/mol. The normalized spacial score (nSPS) is 15.8. The lowest BCUT2D eigenvalue weighted by Crippen LogP contribution is -2.30. The van der Waals surface area contributed by atoms with Gasteiger partial charge in [-0.2, -0.15) is 4.39 Å². The van der Waals surface area contributed by atoms with Gasteiger partial charge in [0.05, 0.1) is 11.5 Å². The van der Waals surface area contributed by atoms with Crippen molar-refractivity contribution in [1.29, 1.82) is 0 Å². The number of ketones is 1. The summed E-state index contributed by atoms with van der Waals surface area (Å²) in [6.45, 7) is 2.68. The van der Waals surface area contributed by atoms with E-state index >= 15 is 0 Å². The number of hydrogen-bond donors (Lipinski definition) is 0. The molecule has 1 fully saturated rings. The third-order valence-electron chi connectivity index (χ3n) is 5.24. The van der Waals surface area contributed by atoms with E-state index in [0.717, 1.165) is 45.2 Å². The molecule has 7 nitrogen and oxygen atoms in total. The highest BCUT2D eigenvalue weighted by Crippen LogP contribution is 2.32. The number of aliphatic imine (C=N–C) groups is 1. The van der Waals surface area contributed by atoms with Gasteiger partial charge < -0.3 is 4.74 Å². The standard InChI is InChI=1S/C21H25F3N2O5/c1-3-4-10-31-21(28)14(11-25-13-8-6-5-7-9-13)20(27)15-16(22)12(2)17(23)18(24)19(15)26(29)30/h11,13-14H,3-10H2,1-2H3. The molecule has 170 valence electrons. The molecule has 10 heteroatoms. The Hall–Kier alpha value is -2.78. The van der Waals surface area contributed by atoms with Gasteiger partial charge in [0, 0.05) is 17.8 Å². The number of ether oxygens (including phenoxy) is 1. The number of halogens is 3. The molecule has 0 heterocycles. The van der Waals surface area contributed by atoms with Crippen LogP contribution in [-0.4, -0.2) is 35.5 Å². The second-order valence-electron chi connectivity index (χ2n) is 7.50. The summed E-state index contributed by atoms with van der Waals surface area (Å²) in [6, 6.07) is -0.154. The van der Waals surface area contributed by atoms with E-state index in [2.05, 4.69) is 4.99 Å². The van der Waals surface area contributed by atoms with Crippen molar-refractivity contribution in [3.63, 3.8) is 0 Å². The lowest BCUT2D eigenvalue weighted by atomic mass is 9.93. The maximum atomic E-state index is 14.7. The Kier molecular flexibility index (Phi) is 8.70. The molecule has 1 saturated carbocycles. The lowest BCUT2D eigenvalue weighted by Gasteiger charge is -2.18. The first-order valence-electron chi connectivity index (χ1n) is 10.3. The highest BCUT2D eigenvalue weighted by atomic mass is 19.2. The number of nitro groups is 1. The Labute approximate surface area is 177 Å². The Balaban J connectivity index is 2.50. The fourth-order valence-electron chi connectivity index (χ4n) is 3.40. The lowest BCUT2D eigenvalue weighted by molar-refractivity contribution is -0.388. The number of nitrogens with zero attached hydrogens (tertiary/aromatic N) is 2. The Bertz CT molecular complexity index is 883. The maximum absolute atomic E-state index is 14.7. The second-order valence-corrected chi connectivity index (χ2v) is 7.50. The minimum Gasteiger partial charge on any atom is -0.465 e. The molecule has 1 aliphatic rings. The molecule has 1 atom stereocenters. The molecule has 1 unspecified atom stereocenters. The van der Waals surface area contributed by atoms with E-state index in [1.807, 2.05) is 6.92 Å². The van der Waals surface area contributed by atoms with E-state index in [0.29, 0.717) is 12.8 Å². The zero-order chi connectivity index (χ0) is 23.1. The van der Waals surface area contributed by atoms with Crippen molar-refractivity contribution in [2.45, 2.75) is 64.8 Å². The summed E-state index contributed by atoms with van der Waals surface area (Å²) in [6.07, 6.45) is 6.55. The molecular weight excluding hydrogens is 417 g/mol. The minimum atomic E-state index is -1.96. The van der Waals surface area contributed by atoms with Crippen LogP contribution in [0.3, 0.4) is 0 Å². The highest BCUT2D eigenvalue weighted by molar-refractivity contribution is 6.20. The molecule has 0 saturated heterocycles. The summed E-state index contributed by atoms with van der Waals surface area (Å²) in [4.78, 5) is 39.7. The predicted molar refractivity (Wildman–Crippen MR) is 107 cm³/mol. The van der Waals surface area contributed by atoms with Crippen molar-refractivity contribution < 1.29 is 32.4 Å². The van der Waals surface area contributed by atoms with Crippen LogP contribution in [0.5, 0.6) is 0 Å². The van der Waals surface area contributed by atoms with Crippen molar-refractivity contribution in [2.24, 2.45) is 10.9 Å². The van der Waals surface area contributed by atoms with Crippen molar-refractivity contribution in [2.75, 3.05) is 6.61 Å². The average molecular weight is 442 g/mol. The van der Waals surface area contributed by atoms with Crippen LogP contribution in [0.1, 0.15) is 67.8 Å². The first-order valence-corrected chi connectivity index (χ1v) is 10.3. The molecular formula is C21H25F3N2O5. The van der Waals surface area contributed by atoms with Gasteiger partial charge in [-0.3, -0.25) is 24.7 Å². The number of esters is 1. The van der Waals surface area contributed by atoms with Gasteiger partial charge in [-0.05, 0) is 26.2 Å². The van der Waals surface area contributed by atoms with E-state index in [-0.39, 0.29) is 12.6 Å². The molecule has 2 rings (SSSR count). The number of carbonyl (C=O) groups is 2. The summed E-state index contributed by atoms with van der Waals surface area (Å²) < 4.78 is 47.8. The fraction of sp³-hybridized carbons (Fsp3) is 0.571. The predicted octanol–water partition coefficient (Wildman–Crippen LogP) is 4.87. The molecule has 0 aliphatic heterocycles. The number of carbonyl (C=O) groups excluding carboxylic acids is 2. The van der Waals surface area contributed by atoms with Crippen LogP contribution in [0.4, 0.5) is 18.9 Å². The van der Waals surface area contributed by atoms with Crippen LogP contribution in [0, 0.1) is 40.4 Å². The molecule has 0 radical (unpaired) electrons. The van der Waals surface area contributed by atoms with Gasteiger partial charge in [-0.25, -0.2) is 8.78 Å². The van der Waals surface area contributed by atoms with Gasteiger partial charge in [0.15, 0.2) is 17.5 Å². The first kappa shape index (κ1) is 24.5. The van der Waals surface area contributed by atoms with Gasteiger partial charge in [-0.15, -0.1) is 0 Å². The molecule has 0 bridgehead atoms. The molecule has 31 heavy (non-hydrogen) atoms. The van der Waals surface area contributed by atoms with E-state index in [1.165, 1.54) is 0 Å². The molecule has 1 aromatic rings. The number of nitro benzene ring substituents is 1.